The highest BCUT2D eigenvalue weighted by molar-refractivity contribution is 7.09. The second kappa shape index (κ2) is 6.68. The maximum Gasteiger partial charge on any atom is 0.150 e. The molecule has 21 heavy (non-hydrogen) atoms. The lowest BCUT2D eigenvalue weighted by Crippen LogP contribution is -2.29. The molecule has 0 saturated carbocycles. The van der Waals surface area contributed by atoms with Crippen molar-refractivity contribution in [3.63, 3.8) is 0 Å². The van der Waals surface area contributed by atoms with Crippen LogP contribution in [0.15, 0.2) is 16.1 Å². The first-order valence-corrected chi connectivity index (χ1v) is 8.33. The SMILES string of the molecule is Cc1cc(CN(Cc2scnc2C)CC2CCNC2)on1. The first kappa shape index (κ1) is 14.7. The maximum absolute atomic E-state index is 5.39. The third-order valence-electron chi connectivity index (χ3n) is 3.95. The molecule has 1 aliphatic rings. The van der Waals surface area contributed by atoms with Crippen molar-refractivity contribution in [3.05, 3.63) is 33.6 Å². The van der Waals surface area contributed by atoms with E-state index in [1.165, 1.54) is 11.3 Å². The van der Waals surface area contributed by atoms with Gasteiger partial charge in [0.2, 0.25) is 0 Å². The van der Waals surface area contributed by atoms with E-state index in [9.17, 15) is 0 Å². The van der Waals surface area contributed by atoms with Crippen LogP contribution in [0.4, 0.5) is 0 Å². The summed E-state index contributed by atoms with van der Waals surface area (Å²) in [5.74, 6) is 1.67. The van der Waals surface area contributed by atoms with Gasteiger partial charge in [-0.3, -0.25) is 4.90 Å². The van der Waals surface area contributed by atoms with Crippen LogP contribution in [0.2, 0.25) is 0 Å². The maximum atomic E-state index is 5.39. The van der Waals surface area contributed by atoms with E-state index in [0.29, 0.717) is 0 Å². The van der Waals surface area contributed by atoms with E-state index in [4.69, 9.17) is 4.52 Å². The van der Waals surface area contributed by atoms with Gasteiger partial charge in [-0.15, -0.1) is 11.3 Å². The highest BCUT2D eigenvalue weighted by Crippen LogP contribution is 2.20. The van der Waals surface area contributed by atoms with Gasteiger partial charge in [-0.25, -0.2) is 4.98 Å². The Morgan fingerprint density at radius 3 is 2.95 bits per heavy atom. The molecule has 1 saturated heterocycles. The van der Waals surface area contributed by atoms with Gasteiger partial charge in [0.05, 0.1) is 23.4 Å². The minimum Gasteiger partial charge on any atom is -0.360 e. The lowest BCUT2D eigenvalue weighted by atomic mass is 10.1. The van der Waals surface area contributed by atoms with Crippen LogP contribution in [0.25, 0.3) is 0 Å². The molecular weight excluding hydrogens is 284 g/mol. The Morgan fingerprint density at radius 2 is 2.33 bits per heavy atom. The average Bonchev–Trinajstić information content (AvgIpc) is 3.16. The number of hydrogen-bond acceptors (Lipinski definition) is 6. The summed E-state index contributed by atoms with van der Waals surface area (Å²) >= 11 is 1.74. The summed E-state index contributed by atoms with van der Waals surface area (Å²) in [5, 5.41) is 7.44. The molecule has 0 bridgehead atoms. The molecule has 0 radical (unpaired) electrons. The molecule has 1 atom stereocenters. The molecule has 0 spiro atoms. The van der Waals surface area contributed by atoms with E-state index in [2.05, 4.69) is 27.3 Å². The van der Waals surface area contributed by atoms with Crippen molar-refractivity contribution < 1.29 is 4.52 Å². The molecule has 6 heteroatoms. The highest BCUT2D eigenvalue weighted by atomic mass is 32.1. The topological polar surface area (TPSA) is 54.2 Å². The van der Waals surface area contributed by atoms with E-state index in [1.807, 2.05) is 18.5 Å². The van der Waals surface area contributed by atoms with Crippen molar-refractivity contribution in [2.24, 2.45) is 5.92 Å². The molecular formula is C15H22N4OS. The first-order valence-electron chi connectivity index (χ1n) is 7.45. The number of rotatable bonds is 6. The van der Waals surface area contributed by atoms with Crippen LogP contribution >= 0.6 is 11.3 Å². The third kappa shape index (κ3) is 3.90. The van der Waals surface area contributed by atoms with E-state index >= 15 is 0 Å². The van der Waals surface area contributed by atoms with Crippen LogP contribution in [-0.4, -0.2) is 34.7 Å². The standard InChI is InChI=1S/C15H22N4OS/c1-11-5-14(20-18-11)8-19(7-13-3-4-16-6-13)9-15-12(2)17-10-21-15/h5,10,13,16H,3-4,6-9H2,1-2H3. The lowest BCUT2D eigenvalue weighted by Gasteiger charge is -2.23. The zero-order valence-corrected chi connectivity index (χ0v) is 13.4. The van der Waals surface area contributed by atoms with Crippen LogP contribution in [0, 0.1) is 19.8 Å². The van der Waals surface area contributed by atoms with E-state index < -0.39 is 0 Å². The Hall–Kier alpha value is -1.24. The molecule has 114 valence electrons. The first-order chi connectivity index (χ1) is 10.2. The fourth-order valence-electron chi connectivity index (χ4n) is 2.81. The average molecular weight is 306 g/mol. The van der Waals surface area contributed by atoms with Gasteiger partial charge in [0, 0.05) is 24.0 Å². The van der Waals surface area contributed by atoms with Crippen molar-refractivity contribution in [2.45, 2.75) is 33.4 Å². The van der Waals surface area contributed by atoms with Gasteiger partial charge >= 0.3 is 0 Å². The molecule has 5 nitrogen and oxygen atoms in total. The van der Waals surface area contributed by atoms with Crippen molar-refractivity contribution in [1.29, 1.82) is 0 Å². The van der Waals surface area contributed by atoms with Gasteiger partial charge < -0.3 is 9.84 Å². The fourth-order valence-corrected chi connectivity index (χ4v) is 3.63. The predicted molar refractivity (Wildman–Crippen MR) is 83.2 cm³/mol. The van der Waals surface area contributed by atoms with Crippen LogP contribution in [0.3, 0.4) is 0 Å². The van der Waals surface area contributed by atoms with Gasteiger partial charge in [-0.2, -0.15) is 0 Å². The highest BCUT2D eigenvalue weighted by Gasteiger charge is 2.20. The number of nitrogens with one attached hydrogen (secondary N) is 1. The quantitative estimate of drug-likeness (QED) is 0.888. The molecule has 2 aromatic rings. The van der Waals surface area contributed by atoms with Gasteiger partial charge in [0.25, 0.3) is 0 Å². The molecule has 0 aliphatic carbocycles. The van der Waals surface area contributed by atoms with Gasteiger partial charge in [0.1, 0.15) is 0 Å². The zero-order valence-electron chi connectivity index (χ0n) is 12.6. The molecule has 2 aromatic heterocycles. The Labute approximate surface area is 129 Å². The van der Waals surface area contributed by atoms with E-state index in [1.54, 1.807) is 11.3 Å². The molecule has 3 rings (SSSR count). The second-order valence-electron chi connectivity index (χ2n) is 5.82. The number of nitrogens with zero attached hydrogens (tertiary/aromatic N) is 3. The summed E-state index contributed by atoms with van der Waals surface area (Å²) in [6.45, 7) is 9.14. The summed E-state index contributed by atoms with van der Waals surface area (Å²) in [5.41, 5.74) is 4.02. The van der Waals surface area contributed by atoms with E-state index in [0.717, 1.165) is 55.8 Å². The molecule has 3 heterocycles. The monoisotopic (exact) mass is 306 g/mol. The minimum absolute atomic E-state index is 0.724. The Morgan fingerprint density at radius 1 is 1.43 bits per heavy atom. The van der Waals surface area contributed by atoms with Crippen molar-refractivity contribution in [3.8, 4) is 0 Å². The molecule has 0 amide bonds. The number of aromatic nitrogens is 2. The molecule has 1 unspecified atom stereocenters. The second-order valence-corrected chi connectivity index (χ2v) is 6.76. The normalized spacial score (nSPS) is 18.7. The molecule has 0 aromatic carbocycles. The number of thiazole rings is 1. The lowest BCUT2D eigenvalue weighted by molar-refractivity contribution is 0.197. The van der Waals surface area contributed by atoms with Crippen LogP contribution in [0.5, 0.6) is 0 Å². The van der Waals surface area contributed by atoms with Crippen molar-refractivity contribution >= 4 is 11.3 Å². The zero-order chi connectivity index (χ0) is 14.7. The predicted octanol–water partition coefficient (Wildman–Crippen LogP) is 2.36. The minimum atomic E-state index is 0.724. The molecule has 1 aliphatic heterocycles. The third-order valence-corrected chi connectivity index (χ3v) is 4.87. The van der Waals surface area contributed by atoms with Crippen LogP contribution in [-0.2, 0) is 13.1 Å². The fraction of sp³-hybridized carbons (Fsp3) is 0.600. The smallest absolute Gasteiger partial charge is 0.150 e. The van der Waals surface area contributed by atoms with Crippen LogP contribution < -0.4 is 5.32 Å². The summed E-state index contributed by atoms with van der Waals surface area (Å²) in [6.07, 6.45) is 1.26. The van der Waals surface area contributed by atoms with Crippen molar-refractivity contribution in [1.82, 2.24) is 20.4 Å². The largest absolute Gasteiger partial charge is 0.360 e. The van der Waals surface area contributed by atoms with Crippen LogP contribution in [0.1, 0.15) is 28.4 Å². The Bertz CT molecular complexity index is 574. The number of hydrogen-bond donors (Lipinski definition) is 1. The molecule has 1 N–H and O–H groups in total. The summed E-state index contributed by atoms with van der Waals surface area (Å²) in [7, 11) is 0. The van der Waals surface area contributed by atoms with E-state index in [-0.39, 0.29) is 0 Å². The van der Waals surface area contributed by atoms with Gasteiger partial charge in [-0.05, 0) is 39.3 Å². The van der Waals surface area contributed by atoms with Gasteiger partial charge in [-0.1, -0.05) is 5.16 Å². The van der Waals surface area contributed by atoms with Gasteiger partial charge in [0.15, 0.2) is 5.76 Å². The van der Waals surface area contributed by atoms with Crippen molar-refractivity contribution in [2.75, 3.05) is 19.6 Å². The Balaban J connectivity index is 1.68. The summed E-state index contributed by atoms with van der Waals surface area (Å²) < 4.78 is 5.39. The number of aryl methyl sites for hydroxylation is 2. The summed E-state index contributed by atoms with van der Waals surface area (Å²) in [6, 6.07) is 2.03. The Kier molecular flexibility index (Phi) is 4.67. The summed E-state index contributed by atoms with van der Waals surface area (Å²) in [4.78, 5) is 8.16. The molecule has 1 fully saturated rings.